The van der Waals surface area contributed by atoms with Crippen LogP contribution in [0.1, 0.15) is 15.9 Å². The van der Waals surface area contributed by atoms with Crippen LogP contribution < -0.4 is 9.47 Å². The van der Waals surface area contributed by atoms with Gasteiger partial charge in [-0.15, -0.1) is 0 Å². The third-order valence-corrected chi connectivity index (χ3v) is 3.62. The van der Waals surface area contributed by atoms with Crippen LogP contribution in [-0.4, -0.2) is 43.2 Å². The van der Waals surface area contributed by atoms with Crippen LogP contribution in [-0.2, 0) is 4.74 Å². The number of ether oxygens (including phenoxy) is 3. The van der Waals surface area contributed by atoms with Crippen molar-refractivity contribution < 1.29 is 29.0 Å². The molecule has 2 aromatic carbocycles. The van der Waals surface area contributed by atoms with Gasteiger partial charge in [-0.25, -0.2) is 0 Å². The van der Waals surface area contributed by atoms with Gasteiger partial charge in [0.05, 0.1) is 18.6 Å². The SMILES string of the molecule is COCCOc1ccc(C(=O)/C=C\c2cc(OC)c(O)c([N+](=O)[O-])c2)cc1. The van der Waals surface area contributed by atoms with Crippen LogP contribution in [0.5, 0.6) is 17.2 Å². The second-order valence-corrected chi connectivity index (χ2v) is 5.41. The first-order valence-electron chi connectivity index (χ1n) is 7.96. The Morgan fingerprint density at radius 1 is 1.19 bits per heavy atom. The van der Waals surface area contributed by atoms with E-state index in [0.29, 0.717) is 30.1 Å². The number of phenolic OH excluding ortho intramolecular Hbond substituents is 1. The third kappa shape index (κ3) is 5.29. The van der Waals surface area contributed by atoms with Gasteiger partial charge in [0.2, 0.25) is 5.75 Å². The number of nitro benzene ring substituents is 1. The number of benzene rings is 2. The van der Waals surface area contributed by atoms with Crippen molar-refractivity contribution in [2.75, 3.05) is 27.4 Å². The Balaban J connectivity index is 2.14. The van der Waals surface area contributed by atoms with Gasteiger partial charge >= 0.3 is 5.69 Å². The lowest BCUT2D eigenvalue weighted by molar-refractivity contribution is -0.386. The smallest absolute Gasteiger partial charge is 0.315 e. The monoisotopic (exact) mass is 373 g/mol. The fraction of sp³-hybridized carbons (Fsp3) is 0.211. The molecule has 1 N–H and O–H groups in total. The van der Waals surface area contributed by atoms with Crippen molar-refractivity contribution in [1.29, 1.82) is 0 Å². The summed E-state index contributed by atoms with van der Waals surface area (Å²) in [4.78, 5) is 22.6. The first kappa shape index (κ1) is 19.9. The number of carbonyl (C=O) groups is 1. The normalized spacial score (nSPS) is 10.7. The van der Waals surface area contributed by atoms with Crippen LogP contribution in [0.25, 0.3) is 6.08 Å². The Hall–Kier alpha value is -3.39. The van der Waals surface area contributed by atoms with Gasteiger partial charge in [-0.05, 0) is 42.0 Å². The van der Waals surface area contributed by atoms with Gasteiger partial charge in [-0.3, -0.25) is 14.9 Å². The van der Waals surface area contributed by atoms with Crippen molar-refractivity contribution in [3.63, 3.8) is 0 Å². The Bertz CT molecular complexity index is 844. The van der Waals surface area contributed by atoms with E-state index in [0.717, 1.165) is 6.07 Å². The average Bonchev–Trinajstić information content (AvgIpc) is 2.67. The molecule has 0 aliphatic rings. The van der Waals surface area contributed by atoms with E-state index in [9.17, 15) is 20.0 Å². The fourth-order valence-corrected chi connectivity index (χ4v) is 2.23. The Labute approximate surface area is 155 Å². The molecule has 0 atom stereocenters. The van der Waals surface area contributed by atoms with E-state index >= 15 is 0 Å². The van der Waals surface area contributed by atoms with E-state index in [4.69, 9.17) is 14.2 Å². The summed E-state index contributed by atoms with van der Waals surface area (Å²) < 4.78 is 15.2. The summed E-state index contributed by atoms with van der Waals surface area (Å²) in [6.07, 6.45) is 2.70. The van der Waals surface area contributed by atoms with Gasteiger partial charge in [0.15, 0.2) is 11.5 Å². The molecule has 0 saturated heterocycles. The van der Waals surface area contributed by atoms with E-state index in [1.165, 1.54) is 25.3 Å². The number of methoxy groups -OCH3 is 2. The summed E-state index contributed by atoms with van der Waals surface area (Å²) in [7, 11) is 2.86. The highest BCUT2D eigenvalue weighted by atomic mass is 16.6. The molecule has 142 valence electrons. The largest absolute Gasteiger partial charge is 0.500 e. The maximum absolute atomic E-state index is 12.3. The van der Waals surface area contributed by atoms with E-state index in [2.05, 4.69) is 0 Å². The molecule has 0 spiro atoms. The number of nitro groups is 1. The highest BCUT2D eigenvalue weighted by molar-refractivity contribution is 6.06. The van der Waals surface area contributed by atoms with E-state index in [1.54, 1.807) is 31.4 Å². The minimum atomic E-state index is -0.723. The lowest BCUT2D eigenvalue weighted by Crippen LogP contribution is -2.04. The molecule has 27 heavy (non-hydrogen) atoms. The molecule has 0 fully saturated rings. The number of aromatic hydroxyl groups is 1. The summed E-state index contributed by atoms with van der Waals surface area (Å²) in [6.45, 7) is 0.872. The van der Waals surface area contributed by atoms with Gasteiger partial charge in [0.1, 0.15) is 12.4 Å². The molecular formula is C19H19NO7. The van der Waals surface area contributed by atoms with Crippen LogP contribution in [0.4, 0.5) is 5.69 Å². The highest BCUT2D eigenvalue weighted by Crippen LogP contribution is 2.37. The lowest BCUT2D eigenvalue weighted by atomic mass is 10.1. The summed E-state index contributed by atoms with van der Waals surface area (Å²) in [5.41, 5.74) is 0.286. The Morgan fingerprint density at radius 3 is 2.48 bits per heavy atom. The van der Waals surface area contributed by atoms with Gasteiger partial charge in [-0.2, -0.15) is 0 Å². The maximum atomic E-state index is 12.3. The number of hydrogen-bond donors (Lipinski definition) is 1. The molecule has 0 aliphatic carbocycles. The number of phenols is 1. The van der Waals surface area contributed by atoms with Crippen LogP contribution in [0.2, 0.25) is 0 Å². The van der Waals surface area contributed by atoms with Gasteiger partial charge in [0.25, 0.3) is 0 Å². The molecule has 0 amide bonds. The lowest BCUT2D eigenvalue weighted by Gasteiger charge is -2.06. The van der Waals surface area contributed by atoms with Crippen molar-refractivity contribution in [3.8, 4) is 17.2 Å². The molecule has 0 unspecified atom stereocenters. The van der Waals surface area contributed by atoms with Crippen molar-refractivity contribution in [2.24, 2.45) is 0 Å². The number of allylic oxidation sites excluding steroid dienone is 1. The van der Waals surface area contributed by atoms with Crippen molar-refractivity contribution in [2.45, 2.75) is 0 Å². The van der Waals surface area contributed by atoms with Crippen LogP contribution in [0.3, 0.4) is 0 Å². The molecule has 0 radical (unpaired) electrons. The summed E-state index contributed by atoms with van der Waals surface area (Å²) in [5.74, 6) is -0.275. The minimum absolute atomic E-state index is 0.0474. The van der Waals surface area contributed by atoms with Crippen LogP contribution in [0, 0.1) is 10.1 Å². The van der Waals surface area contributed by atoms with Crippen molar-refractivity contribution in [3.05, 3.63) is 63.7 Å². The number of rotatable bonds is 9. The number of hydrogen-bond acceptors (Lipinski definition) is 7. The zero-order valence-electron chi connectivity index (χ0n) is 14.9. The molecule has 0 aromatic heterocycles. The number of ketones is 1. The molecular weight excluding hydrogens is 354 g/mol. The van der Waals surface area contributed by atoms with Crippen LogP contribution in [0.15, 0.2) is 42.5 Å². The number of carbonyl (C=O) groups excluding carboxylic acids is 1. The molecule has 8 heteroatoms. The third-order valence-electron chi connectivity index (χ3n) is 3.62. The minimum Gasteiger partial charge on any atom is -0.500 e. The van der Waals surface area contributed by atoms with Crippen molar-refractivity contribution in [1.82, 2.24) is 0 Å². The molecule has 0 aliphatic heterocycles. The molecule has 0 bridgehead atoms. The first-order valence-corrected chi connectivity index (χ1v) is 7.96. The standard InChI is InChI=1S/C19H19NO7/c1-25-9-10-27-15-6-4-14(5-7-15)17(21)8-3-13-11-16(20(23)24)19(22)18(12-13)26-2/h3-8,11-12,22H,9-10H2,1-2H3/b8-3-. The summed E-state index contributed by atoms with van der Waals surface area (Å²) in [6, 6.07) is 9.15. The van der Waals surface area contributed by atoms with E-state index < -0.39 is 16.4 Å². The zero-order valence-corrected chi connectivity index (χ0v) is 14.9. The van der Waals surface area contributed by atoms with Gasteiger partial charge < -0.3 is 19.3 Å². The number of nitrogens with zero attached hydrogens (tertiary/aromatic N) is 1. The van der Waals surface area contributed by atoms with E-state index in [1.807, 2.05) is 0 Å². The maximum Gasteiger partial charge on any atom is 0.315 e. The molecule has 2 rings (SSSR count). The van der Waals surface area contributed by atoms with Crippen LogP contribution >= 0.6 is 0 Å². The Morgan fingerprint density at radius 2 is 1.89 bits per heavy atom. The predicted octanol–water partition coefficient (Wildman–Crippen LogP) is 3.23. The van der Waals surface area contributed by atoms with Gasteiger partial charge in [-0.1, -0.05) is 6.08 Å². The highest BCUT2D eigenvalue weighted by Gasteiger charge is 2.19. The molecule has 2 aromatic rings. The Kier molecular flexibility index (Phi) is 6.90. The van der Waals surface area contributed by atoms with E-state index in [-0.39, 0.29) is 11.5 Å². The topological polar surface area (TPSA) is 108 Å². The second kappa shape index (κ2) is 9.35. The fourth-order valence-electron chi connectivity index (χ4n) is 2.23. The average molecular weight is 373 g/mol. The molecule has 0 heterocycles. The summed E-state index contributed by atoms with van der Waals surface area (Å²) >= 11 is 0. The quantitative estimate of drug-likeness (QED) is 0.236. The zero-order chi connectivity index (χ0) is 19.8. The first-order chi connectivity index (χ1) is 13.0. The molecule has 8 nitrogen and oxygen atoms in total. The van der Waals surface area contributed by atoms with Crippen molar-refractivity contribution >= 4 is 17.5 Å². The second-order valence-electron chi connectivity index (χ2n) is 5.41. The van der Waals surface area contributed by atoms with Gasteiger partial charge in [0, 0.05) is 18.7 Å². The summed E-state index contributed by atoms with van der Waals surface area (Å²) in [5, 5.41) is 20.8. The predicted molar refractivity (Wildman–Crippen MR) is 98.5 cm³/mol. The molecule has 0 saturated carbocycles.